The Kier molecular flexibility index (Phi) is 3.67. The third-order valence-corrected chi connectivity index (χ3v) is 1.75. The van der Waals surface area contributed by atoms with Crippen LogP contribution in [-0.2, 0) is 11.2 Å². The van der Waals surface area contributed by atoms with Crippen molar-refractivity contribution in [3.8, 4) is 0 Å². The first-order valence-electron chi connectivity index (χ1n) is 4.24. The first-order valence-corrected chi connectivity index (χ1v) is 4.24. The van der Waals surface area contributed by atoms with Gasteiger partial charge < -0.3 is 10.9 Å². The molecule has 0 amide bonds. The highest BCUT2D eigenvalue weighted by Crippen LogP contribution is 2.01. The van der Waals surface area contributed by atoms with Crippen LogP contribution in [0.25, 0.3) is 0 Å². The van der Waals surface area contributed by atoms with E-state index in [0.29, 0.717) is 6.42 Å². The largest absolute Gasteiger partial charge is 0.409 e. The van der Waals surface area contributed by atoms with Gasteiger partial charge in [0.15, 0.2) is 0 Å². The molecule has 1 aromatic carbocycles. The molecule has 0 radical (unpaired) electrons. The molecular formula is C10H12N2O2. The molecule has 0 aliphatic heterocycles. The van der Waals surface area contributed by atoms with Crippen LogP contribution in [0, 0.1) is 0 Å². The van der Waals surface area contributed by atoms with Gasteiger partial charge in [-0.15, -0.1) is 0 Å². The van der Waals surface area contributed by atoms with E-state index in [-0.39, 0.29) is 18.0 Å². The summed E-state index contributed by atoms with van der Waals surface area (Å²) >= 11 is 0. The van der Waals surface area contributed by atoms with Gasteiger partial charge in [0, 0.05) is 6.42 Å². The minimum absolute atomic E-state index is 0.00854. The van der Waals surface area contributed by atoms with Crippen LogP contribution in [0.15, 0.2) is 35.5 Å². The lowest BCUT2D eigenvalue weighted by atomic mass is 10.1. The first kappa shape index (κ1) is 10.2. The number of Topliss-reactive ketones (excluding diaryl/α,β-unsaturated/α-hetero) is 1. The van der Waals surface area contributed by atoms with Crippen LogP contribution < -0.4 is 5.73 Å². The normalized spacial score (nSPS) is 11.3. The van der Waals surface area contributed by atoms with Crippen LogP contribution in [0.4, 0.5) is 0 Å². The Bertz CT molecular complexity index is 333. The van der Waals surface area contributed by atoms with Crippen LogP contribution in [0.5, 0.6) is 0 Å². The maximum Gasteiger partial charge on any atom is 0.146 e. The minimum atomic E-state index is -0.0634. The summed E-state index contributed by atoms with van der Waals surface area (Å²) < 4.78 is 0. The second-order valence-corrected chi connectivity index (χ2v) is 2.97. The Morgan fingerprint density at radius 3 is 2.57 bits per heavy atom. The van der Waals surface area contributed by atoms with Crippen LogP contribution in [0.3, 0.4) is 0 Å². The monoisotopic (exact) mass is 192 g/mol. The molecule has 0 heterocycles. The number of nitrogens with two attached hydrogens (primary N) is 1. The van der Waals surface area contributed by atoms with Crippen molar-refractivity contribution in [3.63, 3.8) is 0 Å². The van der Waals surface area contributed by atoms with E-state index in [1.807, 2.05) is 30.3 Å². The second-order valence-electron chi connectivity index (χ2n) is 2.97. The number of amidine groups is 1. The molecule has 4 nitrogen and oxygen atoms in total. The number of ketones is 1. The van der Waals surface area contributed by atoms with E-state index >= 15 is 0 Å². The van der Waals surface area contributed by atoms with Crippen molar-refractivity contribution >= 4 is 11.6 Å². The van der Waals surface area contributed by atoms with E-state index in [9.17, 15) is 4.79 Å². The van der Waals surface area contributed by atoms with Crippen molar-refractivity contribution in [2.45, 2.75) is 12.8 Å². The van der Waals surface area contributed by atoms with Gasteiger partial charge in [0.2, 0.25) is 0 Å². The average Bonchev–Trinajstić information content (AvgIpc) is 2.19. The summed E-state index contributed by atoms with van der Waals surface area (Å²) in [5.41, 5.74) is 6.14. The molecule has 0 aromatic heterocycles. The average molecular weight is 192 g/mol. The number of hydrogen-bond acceptors (Lipinski definition) is 3. The molecule has 0 aliphatic carbocycles. The lowest BCUT2D eigenvalue weighted by Crippen LogP contribution is -2.18. The zero-order valence-corrected chi connectivity index (χ0v) is 7.68. The molecule has 14 heavy (non-hydrogen) atoms. The van der Waals surface area contributed by atoms with Gasteiger partial charge in [-0.25, -0.2) is 0 Å². The highest BCUT2D eigenvalue weighted by atomic mass is 16.4. The standard InChI is InChI=1S/C10H12N2O2/c11-10(12-14)7-9(13)6-8-4-2-1-3-5-8/h1-5,14H,6-7H2,(H2,11,12). The Morgan fingerprint density at radius 2 is 2.00 bits per heavy atom. The van der Waals surface area contributed by atoms with Crippen LogP contribution >= 0.6 is 0 Å². The SMILES string of the molecule is N/C(CC(=O)Cc1ccccc1)=N\O. The van der Waals surface area contributed by atoms with Crippen molar-refractivity contribution in [2.75, 3.05) is 0 Å². The summed E-state index contributed by atoms with van der Waals surface area (Å²) in [6.45, 7) is 0. The van der Waals surface area contributed by atoms with Gasteiger partial charge in [0.25, 0.3) is 0 Å². The fraction of sp³-hybridized carbons (Fsp3) is 0.200. The number of rotatable bonds is 4. The number of oxime groups is 1. The fourth-order valence-corrected chi connectivity index (χ4v) is 1.12. The fourth-order valence-electron chi connectivity index (χ4n) is 1.12. The number of nitrogens with zero attached hydrogens (tertiary/aromatic N) is 1. The topological polar surface area (TPSA) is 75.7 Å². The Balaban J connectivity index is 2.50. The van der Waals surface area contributed by atoms with E-state index in [2.05, 4.69) is 5.16 Å². The van der Waals surface area contributed by atoms with Crippen molar-refractivity contribution in [1.29, 1.82) is 0 Å². The van der Waals surface area contributed by atoms with Crippen molar-refractivity contribution < 1.29 is 10.0 Å². The van der Waals surface area contributed by atoms with Gasteiger partial charge in [-0.2, -0.15) is 0 Å². The second kappa shape index (κ2) is 5.01. The van der Waals surface area contributed by atoms with Gasteiger partial charge in [0.05, 0.1) is 6.42 Å². The third-order valence-electron chi connectivity index (χ3n) is 1.75. The van der Waals surface area contributed by atoms with Gasteiger partial charge in [-0.05, 0) is 5.56 Å². The highest BCUT2D eigenvalue weighted by Gasteiger charge is 2.05. The summed E-state index contributed by atoms with van der Waals surface area (Å²) in [5, 5.41) is 11.0. The Hall–Kier alpha value is -1.84. The maximum absolute atomic E-state index is 11.3. The molecule has 4 heteroatoms. The van der Waals surface area contributed by atoms with Crippen LogP contribution in [0.1, 0.15) is 12.0 Å². The highest BCUT2D eigenvalue weighted by molar-refractivity contribution is 6.00. The molecule has 1 aromatic rings. The van der Waals surface area contributed by atoms with E-state index in [1.165, 1.54) is 0 Å². The van der Waals surface area contributed by atoms with Crippen LogP contribution in [0.2, 0.25) is 0 Å². The van der Waals surface area contributed by atoms with Gasteiger partial charge >= 0.3 is 0 Å². The molecule has 0 atom stereocenters. The molecule has 0 aliphatic rings. The molecule has 3 N–H and O–H groups in total. The predicted molar refractivity (Wildman–Crippen MR) is 53.2 cm³/mol. The molecular weight excluding hydrogens is 180 g/mol. The van der Waals surface area contributed by atoms with E-state index in [4.69, 9.17) is 10.9 Å². The molecule has 0 saturated carbocycles. The van der Waals surface area contributed by atoms with Gasteiger partial charge in [0.1, 0.15) is 11.6 Å². The number of hydrogen-bond donors (Lipinski definition) is 2. The van der Waals surface area contributed by atoms with E-state index < -0.39 is 0 Å². The van der Waals surface area contributed by atoms with Gasteiger partial charge in [-0.3, -0.25) is 4.79 Å². The number of carbonyl (C=O) groups excluding carboxylic acids is 1. The van der Waals surface area contributed by atoms with E-state index in [1.54, 1.807) is 0 Å². The molecule has 0 unspecified atom stereocenters. The molecule has 0 saturated heterocycles. The lowest BCUT2D eigenvalue weighted by Gasteiger charge is -1.99. The molecule has 0 fully saturated rings. The first-order chi connectivity index (χ1) is 6.72. The molecule has 0 spiro atoms. The smallest absolute Gasteiger partial charge is 0.146 e. The molecule has 74 valence electrons. The van der Waals surface area contributed by atoms with Crippen LogP contribution in [-0.4, -0.2) is 16.8 Å². The Morgan fingerprint density at radius 1 is 1.36 bits per heavy atom. The summed E-state index contributed by atoms with van der Waals surface area (Å²) in [5.74, 6) is -0.113. The summed E-state index contributed by atoms with van der Waals surface area (Å²) in [4.78, 5) is 11.3. The summed E-state index contributed by atoms with van der Waals surface area (Å²) in [6.07, 6.45) is 0.308. The third kappa shape index (κ3) is 3.26. The number of benzene rings is 1. The number of carbonyl (C=O) groups is 1. The minimum Gasteiger partial charge on any atom is -0.409 e. The maximum atomic E-state index is 11.3. The summed E-state index contributed by atoms with van der Waals surface area (Å²) in [7, 11) is 0. The predicted octanol–water partition coefficient (Wildman–Crippen LogP) is 0.935. The lowest BCUT2D eigenvalue weighted by molar-refractivity contribution is -0.117. The summed E-state index contributed by atoms with van der Waals surface area (Å²) in [6, 6.07) is 9.35. The van der Waals surface area contributed by atoms with Gasteiger partial charge in [-0.1, -0.05) is 35.5 Å². The Labute approximate surface area is 82.0 Å². The zero-order valence-electron chi connectivity index (χ0n) is 7.68. The zero-order chi connectivity index (χ0) is 10.4. The van der Waals surface area contributed by atoms with Crippen molar-refractivity contribution in [3.05, 3.63) is 35.9 Å². The van der Waals surface area contributed by atoms with Crippen molar-refractivity contribution in [2.24, 2.45) is 10.9 Å². The van der Waals surface area contributed by atoms with E-state index in [0.717, 1.165) is 5.56 Å². The van der Waals surface area contributed by atoms with Crippen molar-refractivity contribution in [1.82, 2.24) is 0 Å². The quantitative estimate of drug-likeness (QED) is 0.322. The molecule has 1 rings (SSSR count). The molecule has 0 bridgehead atoms.